The maximum atomic E-state index is 6.17. The molecule has 0 saturated carbocycles. The van der Waals surface area contributed by atoms with E-state index in [-0.39, 0.29) is 5.92 Å². The van der Waals surface area contributed by atoms with Crippen molar-refractivity contribution in [2.24, 2.45) is 0 Å². The summed E-state index contributed by atoms with van der Waals surface area (Å²) in [5.41, 5.74) is 15.3. The summed E-state index contributed by atoms with van der Waals surface area (Å²) in [6.07, 6.45) is 0. The van der Waals surface area contributed by atoms with Crippen LogP contribution < -0.4 is 0 Å². The minimum Gasteiger partial charge on any atom is -0.456 e. The summed E-state index contributed by atoms with van der Waals surface area (Å²) in [5.74, 6) is 0.00710. The molecule has 0 fully saturated rings. The van der Waals surface area contributed by atoms with Crippen molar-refractivity contribution in [1.82, 2.24) is 0 Å². The molecule has 0 N–H and O–H groups in total. The quantitative estimate of drug-likeness (QED) is 0.152. The van der Waals surface area contributed by atoms with Crippen molar-refractivity contribution in [3.05, 3.63) is 229 Å². The van der Waals surface area contributed by atoms with Gasteiger partial charge in [-0.1, -0.05) is 194 Å². The van der Waals surface area contributed by atoms with Gasteiger partial charge < -0.3 is 4.42 Å². The maximum Gasteiger partial charge on any atom is 0.135 e. The zero-order chi connectivity index (χ0) is 35.8. The number of hydrogen-bond donors (Lipinski definition) is 0. The average Bonchev–Trinajstić information content (AvgIpc) is 3.63. The Morgan fingerprint density at radius 3 is 1.52 bits per heavy atom. The Bertz CT molecular complexity index is 2900. The van der Waals surface area contributed by atoms with Crippen molar-refractivity contribution in [3.8, 4) is 44.5 Å². The first-order valence-corrected chi connectivity index (χ1v) is 18.6. The van der Waals surface area contributed by atoms with Crippen LogP contribution in [0, 0.1) is 0 Å². The van der Waals surface area contributed by atoms with Gasteiger partial charge in [0.2, 0.25) is 0 Å². The summed E-state index contributed by atoms with van der Waals surface area (Å²) in [7, 11) is 0. The van der Waals surface area contributed by atoms with Crippen molar-refractivity contribution in [1.29, 1.82) is 0 Å². The van der Waals surface area contributed by atoms with Gasteiger partial charge in [-0.15, -0.1) is 0 Å². The monoisotopic (exact) mass is 688 g/mol. The molecule has 10 aromatic rings. The highest BCUT2D eigenvalue weighted by Gasteiger charge is 2.22. The Hall–Kier alpha value is -6.96. The second-order valence-electron chi connectivity index (χ2n) is 14.0. The maximum absolute atomic E-state index is 6.17. The van der Waals surface area contributed by atoms with Crippen LogP contribution >= 0.6 is 0 Å². The molecule has 1 nitrogen and oxygen atoms in total. The van der Waals surface area contributed by atoms with Crippen LogP contribution in [0.25, 0.3) is 77.2 Å². The number of para-hydroxylation sites is 1. The third-order valence-corrected chi connectivity index (χ3v) is 10.9. The van der Waals surface area contributed by atoms with Crippen molar-refractivity contribution < 1.29 is 4.42 Å². The zero-order valence-corrected chi connectivity index (χ0v) is 29.7. The summed E-state index contributed by atoms with van der Waals surface area (Å²) in [6.45, 7) is 0. The molecule has 9 aromatic carbocycles. The Labute approximate surface area is 315 Å². The number of furan rings is 1. The van der Waals surface area contributed by atoms with Crippen LogP contribution in [0.1, 0.15) is 22.6 Å². The molecular weight excluding hydrogens is 653 g/mol. The molecule has 0 aliphatic carbocycles. The molecule has 0 saturated heterocycles. The van der Waals surface area contributed by atoms with Crippen LogP contribution in [0.15, 0.2) is 217 Å². The SMILES string of the molecule is c1ccc(-c2ccc(-c3ccc(C(c4cccc(-c5ccc6oc7ccccc7c6c5)c4)c4ccc(-c5ccccc5)c5ccccc45)cc3)cc2)cc1. The van der Waals surface area contributed by atoms with Gasteiger partial charge >= 0.3 is 0 Å². The van der Waals surface area contributed by atoms with E-state index in [9.17, 15) is 0 Å². The number of rotatable bonds is 7. The van der Waals surface area contributed by atoms with Crippen LogP contribution in [0.4, 0.5) is 0 Å². The lowest BCUT2D eigenvalue weighted by atomic mass is 9.80. The van der Waals surface area contributed by atoms with Crippen LogP contribution in [0.5, 0.6) is 0 Å². The molecule has 0 bridgehead atoms. The fourth-order valence-electron chi connectivity index (χ4n) is 8.15. The first kappa shape index (κ1) is 31.7. The Morgan fingerprint density at radius 1 is 0.278 bits per heavy atom. The standard InChI is InChI=1S/C53H36O/c1-3-12-36(13-4-1)37-22-24-38(25-23-37)39-26-28-41(29-27-39)53(49-32-31-45(40-14-5-2-6-15-40)46-18-7-8-19-47(46)49)44-17-11-16-42(34-44)43-30-33-52-50(35-43)48-20-9-10-21-51(48)54-52/h1-35,53H. The topological polar surface area (TPSA) is 13.1 Å². The predicted octanol–water partition coefficient (Wildman–Crippen LogP) is 14.6. The number of benzene rings is 9. The number of fused-ring (bicyclic) bond motifs is 4. The van der Waals surface area contributed by atoms with Crippen molar-refractivity contribution in [2.75, 3.05) is 0 Å². The van der Waals surface area contributed by atoms with E-state index < -0.39 is 0 Å². The van der Waals surface area contributed by atoms with Gasteiger partial charge in [0.15, 0.2) is 0 Å². The van der Waals surface area contributed by atoms with Crippen molar-refractivity contribution >= 4 is 32.7 Å². The molecular formula is C53H36O. The van der Waals surface area contributed by atoms with Gasteiger partial charge in [0, 0.05) is 16.7 Å². The summed E-state index contributed by atoms with van der Waals surface area (Å²) in [6, 6.07) is 76.9. The lowest BCUT2D eigenvalue weighted by molar-refractivity contribution is 0.669. The van der Waals surface area contributed by atoms with Gasteiger partial charge in [0.25, 0.3) is 0 Å². The molecule has 1 unspecified atom stereocenters. The molecule has 0 radical (unpaired) electrons. The Kier molecular flexibility index (Phi) is 7.96. The summed E-state index contributed by atoms with van der Waals surface area (Å²) in [5, 5.41) is 4.80. The summed E-state index contributed by atoms with van der Waals surface area (Å²) < 4.78 is 6.17. The molecule has 0 spiro atoms. The van der Waals surface area contributed by atoms with Gasteiger partial charge in [0.1, 0.15) is 11.2 Å². The largest absolute Gasteiger partial charge is 0.456 e. The van der Waals surface area contributed by atoms with Gasteiger partial charge in [-0.05, 0) is 90.2 Å². The first-order valence-electron chi connectivity index (χ1n) is 18.6. The predicted molar refractivity (Wildman–Crippen MR) is 227 cm³/mol. The highest BCUT2D eigenvalue weighted by atomic mass is 16.3. The van der Waals surface area contributed by atoms with E-state index >= 15 is 0 Å². The van der Waals surface area contributed by atoms with E-state index in [1.807, 2.05) is 12.1 Å². The van der Waals surface area contributed by atoms with E-state index in [4.69, 9.17) is 4.42 Å². The summed E-state index contributed by atoms with van der Waals surface area (Å²) >= 11 is 0. The molecule has 254 valence electrons. The molecule has 1 atom stereocenters. The summed E-state index contributed by atoms with van der Waals surface area (Å²) in [4.78, 5) is 0. The normalized spacial score (nSPS) is 12.0. The van der Waals surface area contributed by atoms with Crippen LogP contribution in [-0.2, 0) is 0 Å². The smallest absolute Gasteiger partial charge is 0.135 e. The van der Waals surface area contributed by atoms with Gasteiger partial charge in [0.05, 0.1) is 0 Å². The first-order chi connectivity index (χ1) is 26.8. The third kappa shape index (κ3) is 5.77. The molecule has 54 heavy (non-hydrogen) atoms. The Morgan fingerprint density at radius 2 is 0.796 bits per heavy atom. The van der Waals surface area contributed by atoms with E-state index in [0.717, 1.165) is 21.9 Å². The van der Waals surface area contributed by atoms with Gasteiger partial charge in [-0.25, -0.2) is 0 Å². The third-order valence-electron chi connectivity index (χ3n) is 10.9. The zero-order valence-electron chi connectivity index (χ0n) is 29.7. The van der Waals surface area contributed by atoms with E-state index in [0.29, 0.717) is 0 Å². The van der Waals surface area contributed by atoms with Crippen LogP contribution in [0.3, 0.4) is 0 Å². The lowest BCUT2D eigenvalue weighted by Gasteiger charge is -2.23. The van der Waals surface area contributed by atoms with Crippen LogP contribution in [-0.4, -0.2) is 0 Å². The molecule has 1 heterocycles. The molecule has 10 rings (SSSR count). The molecule has 0 amide bonds. The lowest BCUT2D eigenvalue weighted by Crippen LogP contribution is -2.05. The van der Waals surface area contributed by atoms with Gasteiger partial charge in [-0.3, -0.25) is 0 Å². The van der Waals surface area contributed by atoms with E-state index in [2.05, 4.69) is 200 Å². The van der Waals surface area contributed by atoms with Crippen LogP contribution in [0.2, 0.25) is 0 Å². The second kappa shape index (κ2) is 13.5. The van der Waals surface area contributed by atoms with Gasteiger partial charge in [-0.2, -0.15) is 0 Å². The minimum atomic E-state index is 0.00710. The second-order valence-corrected chi connectivity index (χ2v) is 14.0. The minimum absolute atomic E-state index is 0.00710. The molecule has 0 aliphatic heterocycles. The average molecular weight is 689 g/mol. The fraction of sp³-hybridized carbons (Fsp3) is 0.0189. The van der Waals surface area contributed by atoms with Crippen molar-refractivity contribution in [2.45, 2.75) is 5.92 Å². The molecule has 1 aromatic heterocycles. The fourth-order valence-corrected chi connectivity index (χ4v) is 8.15. The highest BCUT2D eigenvalue weighted by Crippen LogP contribution is 2.42. The van der Waals surface area contributed by atoms with E-state index in [1.54, 1.807) is 0 Å². The molecule has 1 heteroatoms. The van der Waals surface area contributed by atoms with E-state index in [1.165, 1.54) is 72.0 Å². The molecule has 0 aliphatic rings. The highest BCUT2D eigenvalue weighted by molar-refractivity contribution is 6.06. The number of hydrogen-bond acceptors (Lipinski definition) is 1. The van der Waals surface area contributed by atoms with Crippen molar-refractivity contribution in [3.63, 3.8) is 0 Å². The Balaban J connectivity index is 1.10.